The van der Waals surface area contributed by atoms with E-state index in [0.717, 1.165) is 6.07 Å². The number of phenols is 1. The number of benzene rings is 1. The van der Waals surface area contributed by atoms with E-state index >= 15 is 0 Å². The molecule has 9 nitrogen and oxygen atoms in total. The van der Waals surface area contributed by atoms with Gasteiger partial charge in [-0.3, -0.25) is 14.6 Å². The van der Waals surface area contributed by atoms with Crippen LogP contribution in [-0.4, -0.2) is 26.1 Å². The minimum absolute atomic E-state index is 0.0891. The topological polar surface area (TPSA) is 162 Å². The summed E-state index contributed by atoms with van der Waals surface area (Å²) in [5.74, 6) is -2.27. The maximum atomic E-state index is 11.9. The Kier molecular flexibility index (Phi) is 2.15. The molecule has 2 aromatic heterocycles. The number of nitrogens with two attached hydrogens (primary N) is 1. The maximum Gasteiger partial charge on any atom is 0.326 e. The lowest BCUT2D eigenvalue weighted by Gasteiger charge is -1.99. The normalized spacial score (nSPS) is 11.2. The highest BCUT2D eigenvalue weighted by Gasteiger charge is 2.23. The average molecular weight is 277 g/mol. The Morgan fingerprint density at radius 1 is 1.20 bits per heavy atom. The fourth-order valence-electron chi connectivity index (χ4n) is 2.06. The van der Waals surface area contributed by atoms with E-state index in [-0.39, 0.29) is 22.1 Å². The quantitative estimate of drug-likeness (QED) is 0.401. The van der Waals surface area contributed by atoms with E-state index in [1.54, 1.807) is 0 Å². The van der Waals surface area contributed by atoms with E-state index in [0.29, 0.717) is 0 Å². The summed E-state index contributed by atoms with van der Waals surface area (Å²) in [5, 5.41) is 19.0. The average Bonchev–Trinajstić information content (AvgIpc) is 2.67. The Bertz CT molecular complexity index is 993. The van der Waals surface area contributed by atoms with Gasteiger partial charge in [0.05, 0.1) is 5.39 Å². The molecule has 0 fully saturated rings. The molecule has 0 atom stereocenters. The first-order valence-electron chi connectivity index (χ1n) is 5.33. The van der Waals surface area contributed by atoms with E-state index in [1.165, 1.54) is 0 Å². The van der Waals surface area contributed by atoms with Gasteiger partial charge in [0.25, 0.3) is 5.91 Å². The van der Waals surface area contributed by atoms with Gasteiger partial charge in [-0.1, -0.05) is 0 Å². The monoisotopic (exact) mass is 277 g/mol. The number of amides is 1. The zero-order valence-electron chi connectivity index (χ0n) is 9.68. The molecule has 0 unspecified atom stereocenters. The van der Waals surface area contributed by atoms with Gasteiger partial charge >= 0.3 is 5.69 Å². The first-order chi connectivity index (χ1) is 9.40. The van der Waals surface area contributed by atoms with Crippen molar-refractivity contribution in [3.63, 3.8) is 0 Å². The van der Waals surface area contributed by atoms with E-state index in [2.05, 4.69) is 4.98 Å². The van der Waals surface area contributed by atoms with E-state index < -0.39 is 34.2 Å². The second-order valence-corrected chi connectivity index (χ2v) is 4.07. The Hall–Kier alpha value is -3.23. The Balaban J connectivity index is 2.71. The van der Waals surface area contributed by atoms with Gasteiger partial charge in [0, 0.05) is 6.07 Å². The van der Waals surface area contributed by atoms with Crippen molar-refractivity contribution >= 4 is 28.0 Å². The molecule has 1 amide bonds. The molecule has 0 bridgehead atoms. The van der Waals surface area contributed by atoms with Crippen LogP contribution in [0.3, 0.4) is 0 Å². The van der Waals surface area contributed by atoms with E-state index in [4.69, 9.17) is 10.2 Å². The first kappa shape index (κ1) is 11.8. The van der Waals surface area contributed by atoms with E-state index in [9.17, 15) is 24.6 Å². The van der Waals surface area contributed by atoms with Crippen LogP contribution in [0.5, 0.6) is 11.6 Å². The highest BCUT2D eigenvalue weighted by molar-refractivity contribution is 6.13. The molecular formula is C11H7N3O6. The summed E-state index contributed by atoms with van der Waals surface area (Å²) in [7, 11) is 0. The number of furan rings is 1. The summed E-state index contributed by atoms with van der Waals surface area (Å²) < 4.78 is 5.18. The van der Waals surface area contributed by atoms with Gasteiger partial charge in [0.1, 0.15) is 16.8 Å². The number of hydrogen-bond donors (Lipinski definition) is 5. The molecule has 9 heteroatoms. The standard InChI is InChI=1S/C11H7N3O6/c12-9(17)5-3(16)1-2(15)4-6-8(20-7(4)5)10(18)14-11(19)13-6/h1,16,18H,(H2,12,17)(H2,13,14,19). The van der Waals surface area contributed by atoms with Gasteiger partial charge in [-0.2, -0.15) is 0 Å². The molecular weight excluding hydrogens is 270 g/mol. The number of nitrogens with one attached hydrogen (secondary N) is 2. The second-order valence-electron chi connectivity index (χ2n) is 4.07. The van der Waals surface area contributed by atoms with Gasteiger partial charge < -0.3 is 25.3 Å². The number of H-pyrrole nitrogens is 2. The number of primary amides is 1. The number of hydrogen-bond acceptors (Lipinski definition) is 6. The van der Waals surface area contributed by atoms with Crippen molar-refractivity contribution in [2.45, 2.75) is 0 Å². The van der Waals surface area contributed by atoms with Crippen molar-refractivity contribution in [3.05, 3.63) is 32.3 Å². The van der Waals surface area contributed by atoms with Crippen LogP contribution in [0.2, 0.25) is 0 Å². The molecule has 0 aliphatic heterocycles. The molecule has 0 spiro atoms. The number of fused-ring (bicyclic) bond motifs is 3. The van der Waals surface area contributed by atoms with Crippen molar-refractivity contribution in [2.24, 2.45) is 5.73 Å². The zero-order valence-corrected chi connectivity index (χ0v) is 9.68. The summed E-state index contributed by atoms with van der Waals surface area (Å²) >= 11 is 0. The Labute approximate surface area is 108 Å². The van der Waals surface area contributed by atoms with Gasteiger partial charge in [-0.25, -0.2) is 4.79 Å². The highest BCUT2D eigenvalue weighted by atomic mass is 16.4. The summed E-state index contributed by atoms with van der Waals surface area (Å²) in [5.41, 5.74) is 2.62. The van der Waals surface area contributed by atoms with Gasteiger partial charge in [-0.05, 0) is 0 Å². The van der Waals surface area contributed by atoms with Crippen LogP contribution in [0.4, 0.5) is 0 Å². The molecule has 0 aliphatic carbocycles. The summed E-state index contributed by atoms with van der Waals surface area (Å²) in [6.07, 6.45) is 0. The molecule has 0 saturated carbocycles. The van der Waals surface area contributed by atoms with Crippen LogP contribution >= 0.6 is 0 Å². The van der Waals surface area contributed by atoms with Crippen LogP contribution < -0.4 is 16.9 Å². The minimum atomic E-state index is -1.02. The largest absolute Gasteiger partial charge is 0.507 e. The van der Waals surface area contributed by atoms with Gasteiger partial charge in [0.15, 0.2) is 11.0 Å². The fraction of sp³-hybridized carbons (Fsp3) is 0. The fourth-order valence-corrected chi connectivity index (χ4v) is 2.06. The first-order valence-corrected chi connectivity index (χ1v) is 5.33. The summed E-state index contributed by atoms with van der Waals surface area (Å²) in [6.45, 7) is 0. The number of rotatable bonds is 1. The number of carbonyl (C=O) groups is 1. The van der Waals surface area contributed by atoms with Crippen molar-refractivity contribution in [1.82, 2.24) is 9.97 Å². The van der Waals surface area contributed by atoms with Gasteiger partial charge in [0.2, 0.25) is 11.5 Å². The molecule has 6 N–H and O–H groups in total. The maximum absolute atomic E-state index is 11.9. The van der Waals surface area contributed by atoms with E-state index in [1.807, 2.05) is 4.98 Å². The third-order valence-electron chi connectivity index (χ3n) is 2.84. The number of carbonyl (C=O) groups excluding carboxylic acids is 1. The molecule has 3 aromatic rings. The van der Waals surface area contributed by atoms with Crippen LogP contribution in [0, 0.1) is 0 Å². The highest BCUT2D eigenvalue weighted by Crippen LogP contribution is 2.33. The minimum Gasteiger partial charge on any atom is -0.507 e. The van der Waals surface area contributed by atoms with Crippen molar-refractivity contribution in [1.29, 1.82) is 0 Å². The summed E-state index contributed by atoms with van der Waals surface area (Å²) in [4.78, 5) is 38.8. The molecule has 0 aliphatic rings. The van der Waals surface area contributed by atoms with Crippen molar-refractivity contribution in [3.8, 4) is 11.6 Å². The molecule has 2 heterocycles. The molecule has 3 rings (SSSR count). The molecule has 0 radical (unpaired) electrons. The van der Waals surface area contributed by atoms with Crippen LogP contribution in [0.15, 0.2) is 20.1 Å². The van der Waals surface area contributed by atoms with Crippen LogP contribution in [0.1, 0.15) is 10.4 Å². The molecule has 20 heavy (non-hydrogen) atoms. The lowest BCUT2D eigenvalue weighted by atomic mass is 10.1. The Morgan fingerprint density at radius 2 is 1.90 bits per heavy atom. The lowest BCUT2D eigenvalue weighted by Crippen LogP contribution is -2.14. The smallest absolute Gasteiger partial charge is 0.326 e. The number of aromatic amines is 2. The van der Waals surface area contributed by atoms with Crippen LogP contribution in [0.25, 0.3) is 22.1 Å². The predicted octanol–water partition coefficient (Wildman–Crippen LogP) is -0.527. The SMILES string of the molecule is NC(=O)c1c(O)cc(=O)c2c1oc1c(O)[nH]c(=O)[nH]c12. The molecule has 1 aromatic carbocycles. The van der Waals surface area contributed by atoms with Crippen molar-refractivity contribution < 1.29 is 19.4 Å². The molecule has 0 saturated heterocycles. The lowest BCUT2D eigenvalue weighted by molar-refractivity contribution is 0.0998. The third-order valence-corrected chi connectivity index (χ3v) is 2.84. The second kappa shape index (κ2) is 3.63. The predicted molar refractivity (Wildman–Crippen MR) is 66.8 cm³/mol. The molecule has 102 valence electrons. The third kappa shape index (κ3) is 1.40. The van der Waals surface area contributed by atoms with Gasteiger partial charge in [-0.15, -0.1) is 0 Å². The Morgan fingerprint density at radius 3 is 2.55 bits per heavy atom. The number of aromatic hydroxyl groups is 2. The summed E-state index contributed by atoms with van der Waals surface area (Å²) in [6, 6.07) is 0.781. The zero-order chi connectivity index (χ0) is 14.6. The number of aromatic nitrogens is 2. The van der Waals surface area contributed by atoms with Crippen molar-refractivity contribution in [2.75, 3.05) is 0 Å². The van der Waals surface area contributed by atoms with Crippen LogP contribution in [-0.2, 0) is 0 Å².